The monoisotopic (exact) mass is 350 g/mol. The van der Waals surface area contributed by atoms with Gasteiger partial charge in [0.25, 0.3) is 0 Å². The molecular weight excluding hydrogens is 339 g/mol. The molecule has 2 nitrogen and oxygen atoms in total. The first-order valence-corrected chi connectivity index (χ1v) is 8.25. The van der Waals surface area contributed by atoms with Crippen LogP contribution in [0.4, 0.5) is 0 Å². The number of aromatic nitrogens is 2. The van der Waals surface area contributed by atoms with Crippen molar-refractivity contribution in [3.05, 3.63) is 82.8 Å². The molecule has 0 aliphatic rings. The summed E-state index contributed by atoms with van der Waals surface area (Å²) in [5.74, 6) is 0. The molecular formula is C20H12Cl2N2. The molecule has 0 saturated heterocycles. The van der Waals surface area contributed by atoms with E-state index in [0.717, 1.165) is 33.3 Å². The summed E-state index contributed by atoms with van der Waals surface area (Å²) in [6.45, 7) is 0. The maximum Gasteiger partial charge on any atom is 0.101 e. The van der Waals surface area contributed by atoms with Gasteiger partial charge in [-0.25, -0.2) is 0 Å². The van der Waals surface area contributed by atoms with Gasteiger partial charge in [0.1, 0.15) is 11.4 Å². The van der Waals surface area contributed by atoms with Crippen LogP contribution in [0.25, 0.3) is 33.3 Å². The third-order valence-electron chi connectivity index (χ3n) is 3.92. The van der Waals surface area contributed by atoms with E-state index in [9.17, 15) is 0 Å². The summed E-state index contributed by atoms with van der Waals surface area (Å²) >= 11 is 12.0. The fourth-order valence-electron chi connectivity index (χ4n) is 2.75. The van der Waals surface area contributed by atoms with Gasteiger partial charge in [-0.2, -0.15) is 0 Å². The molecule has 0 amide bonds. The van der Waals surface area contributed by atoms with Crippen molar-refractivity contribution in [2.45, 2.75) is 0 Å². The minimum absolute atomic E-state index is 0.703. The van der Waals surface area contributed by atoms with Gasteiger partial charge in [0.15, 0.2) is 0 Å². The maximum absolute atomic E-state index is 5.99. The van der Waals surface area contributed by atoms with Gasteiger partial charge in [0, 0.05) is 31.9 Å². The van der Waals surface area contributed by atoms with Crippen LogP contribution in [0.3, 0.4) is 0 Å². The normalized spacial score (nSPS) is 10.9. The first kappa shape index (κ1) is 15.1. The molecule has 0 bridgehead atoms. The Bertz CT molecular complexity index is 926. The van der Waals surface area contributed by atoms with Crippen molar-refractivity contribution in [2.24, 2.45) is 0 Å². The molecule has 0 N–H and O–H groups in total. The zero-order valence-electron chi connectivity index (χ0n) is 12.6. The molecule has 24 heavy (non-hydrogen) atoms. The summed E-state index contributed by atoms with van der Waals surface area (Å²) in [4.78, 5) is 0. The van der Waals surface area contributed by atoms with Crippen LogP contribution in [0, 0.1) is 0 Å². The lowest BCUT2D eigenvalue weighted by Gasteiger charge is -2.10. The molecule has 0 saturated carbocycles. The highest BCUT2D eigenvalue weighted by Crippen LogP contribution is 2.32. The van der Waals surface area contributed by atoms with E-state index in [0.29, 0.717) is 10.0 Å². The summed E-state index contributed by atoms with van der Waals surface area (Å²) in [6.07, 6.45) is 0. The molecule has 1 heterocycles. The summed E-state index contributed by atoms with van der Waals surface area (Å²) in [7, 11) is 0. The molecule has 0 fully saturated rings. The third-order valence-corrected chi connectivity index (χ3v) is 4.43. The van der Waals surface area contributed by atoms with Crippen LogP contribution < -0.4 is 0 Å². The van der Waals surface area contributed by atoms with Crippen molar-refractivity contribution < 1.29 is 0 Å². The number of fused-ring (bicyclic) bond motifs is 1. The second-order valence-electron chi connectivity index (χ2n) is 5.46. The lowest BCUT2D eigenvalue weighted by molar-refractivity contribution is 1.06. The zero-order chi connectivity index (χ0) is 16.5. The van der Waals surface area contributed by atoms with Crippen LogP contribution in [0.5, 0.6) is 0 Å². The minimum Gasteiger partial charge on any atom is -0.149 e. The van der Waals surface area contributed by atoms with E-state index in [2.05, 4.69) is 22.3 Å². The van der Waals surface area contributed by atoms with E-state index >= 15 is 0 Å². The van der Waals surface area contributed by atoms with Gasteiger partial charge in [-0.15, -0.1) is 10.2 Å². The Kier molecular flexibility index (Phi) is 3.93. The lowest BCUT2D eigenvalue weighted by Crippen LogP contribution is -1.94. The van der Waals surface area contributed by atoms with Gasteiger partial charge < -0.3 is 0 Å². The maximum atomic E-state index is 5.99. The largest absolute Gasteiger partial charge is 0.149 e. The predicted molar refractivity (Wildman–Crippen MR) is 100 cm³/mol. The Balaban J connectivity index is 1.95. The van der Waals surface area contributed by atoms with E-state index in [-0.39, 0.29) is 0 Å². The Labute approximate surface area is 149 Å². The lowest BCUT2D eigenvalue weighted by atomic mass is 10.0. The highest BCUT2D eigenvalue weighted by molar-refractivity contribution is 6.31. The smallest absolute Gasteiger partial charge is 0.101 e. The zero-order valence-corrected chi connectivity index (χ0v) is 14.1. The van der Waals surface area contributed by atoms with E-state index < -0.39 is 0 Å². The summed E-state index contributed by atoms with van der Waals surface area (Å²) in [5.41, 5.74) is 3.68. The summed E-state index contributed by atoms with van der Waals surface area (Å²) < 4.78 is 0. The molecule has 0 spiro atoms. The molecule has 0 atom stereocenters. The van der Waals surface area contributed by atoms with Gasteiger partial charge >= 0.3 is 0 Å². The van der Waals surface area contributed by atoms with Crippen LogP contribution >= 0.6 is 23.2 Å². The Morgan fingerprint density at radius 2 is 0.875 bits per heavy atom. The highest BCUT2D eigenvalue weighted by Gasteiger charge is 2.12. The standard InChI is InChI=1S/C20H12Cl2N2/c21-15-9-5-13(6-10-15)19-17-3-1-2-4-18(17)20(24-23-19)14-7-11-16(22)12-8-14/h1-12H. The van der Waals surface area contributed by atoms with Gasteiger partial charge in [-0.05, 0) is 24.3 Å². The fourth-order valence-corrected chi connectivity index (χ4v) is 3.00. The summed E-state index contributed by atoms with van der Waals surface area (Å²) in [6, 6.07) is 23.4. The number of halogens is 2. The summed E-state index contributed by atoms with van der Waals surface area (Å²) in [5, 5.41) is 12.5. The molecule has 4 rings (SSSR count). The first-order chi connectivity index (χ1) is 11.7. The molecule has 0 unspecified atom stereocenters. The van der Waals surface area contributed by atoms with Crippen molar-refractivity contribution in [2.75, 3.05) is 0 Å². The van der Waals surface area contributed by atoms with Crippen molar-refractivity contribution in [3.8, 4) is 22.5 Å². The average molecular weight is 351 g/mol. The van der Waals surface area contributed by atoms with Crippen LogP contribution in [-0.2, 0) is 0 Å². The van der Waals surface area contributed by atoms with Crippen molar-refractivity contribution >= 4 is 34.0 Å². The van der Waals surface area contributed by atoms with E-state index in [1.54, 1.807) is 0 Å². The minimum atomic E-state index is 0.703. The molecule has 3 aromatic carbocycles. The predicted octanol–water partition coefficient (Wildman–Crippen LogP) is 6.27. The Hall–Kier alpha value is -2.42. The van der Waals surface area contributed by atoms with Gasteiger partial charge in [0.05, 0.1) is 0 Å². The average Bonchev–Trinajstić information content (AvgIpc) is 2.62. The molecule has 116 valence electrons. The first-order valence-electron chi connectivity index (χ1n) is 7.50. The number of hydrogen-bond donors (Lipinski definition) is 0. The quantitative estimate of drug-likeness (QED) is 0.425. The van der Waals surface area contributed by atoms with Gasteiger partial charge in [-0.3, -0.25) is 0 Å². The number of hydrogen-bond acceptors (Lipinski definition) is 2. The van der Waals surface area contributed by atoms with Crippen molar-refractivity contribution in [3.63, 3.8) is 0 Å². The second-order valence-corrected chi connectivity index (χ2v) is 6.33. The fraction of sp³-hybridized carbons (Fsp3) is 0. The van der Waals surface area contributed by atoms with E-state index in [1.165, 1.54) is 0 Å². The van der Waals surface area contributed by atoms with Gasteiger partial charge in [-0.1, -0.05) is 71.7 Å². The molecule has 4 aromatic rings. The third kappa shape index (κ3) is 2.75. The van der Waals surface area contributed by atoms with Crippen molar-refractivity contribution in [1.82, 2.24) is 10.2 Å². The topological polar surface area (TPSA) is 25.8 Å². The Morgan fingerprint density at radius 1 is 0.500 bits per heavy atom. The van der Waals surface area contributed by atoms with Crippen LogP contribution in [0.1, 0.15) is 0 Å². The van der Waals surface area contributed by atoms with Crippen LogP contribution in [0.2, 0.25) is 10.0 Å². The van der Waals surface area contributed by atoms with Crippen LogP contribution in [0.15, 0.2) is 72.8 Å². The molecule has 0 aliphatic carbocycles. The Morgan fingerprint density at radius 3 is 1.25 bits per heavy atom. The number of benzene rings is 3. The number of rotatable bonds is 2. The molecule has 4 heteroatoms. The molecule has 1 aromatic heterocycles. The van der Waals surface area contributed by atoms with E-state index in [1.807, 2.05) is 60.7 Å². The highest BCUT2D eigenvalue weighted by atomic mass is 35.5. The van der Waals surface area contributed by atoms with Crippen molar-refractivity contribution in [1.29, 1.82) is 0 Å². The molecule has 0 radical (unpaired) electrons. The second kappa shape index (κ2) is 6.23. The molecule has 0 aliphatic heterocycles. The van der Waals surface area contributed by atoms with E-state index in [4.69, 9.17) is 23.2 Å². The number of nitrogens with zero attached hydrogens (tertiary/aromatic N) is 2. The SMILES string of the molecule is Clc1ccc(-c2nnc(-c3ccc(Cl)cc3)c3ccccc23)cc1. The van der Waals surface area contributed by atoms with Crippen LogP contribution in [-0.4, -0.2) is 10.2 Å². The van der Waals surface area contributed by atoms with Gasteiger partial charge in [0.2, 0.25) is 0 Å².